The number of aromatic amines is 1. The third-order valence-corrected chi connectivity index (χ3v) is 10.5. The number of carbonyl (C=O) groups excluding carboxylic acids is 3. The minimum absolute atomic E-state index is 0.0143. The van der Waals surface area contributed by atoms with Crippen LogP contribution in [0.4, 0.5) is 0 Å². The monoisotopic (exact) mass is 672 g/mol. The van der Waals surface area contributed by atoms with Crippen molar-refractivity contribution in [1.82, 2.24) is 25.4 Å². The molecule has 0 unspecified atom stereocenters. The van der Waals surface area contributed by atoms with Gasteiger partial charge in [-0.25, -0.2) is 8.42 Å². The van der Waals surface area contributed by atoms with E-state index >= 15 is 0 Å². The minimum Gasteiger partial charge on any atom is -0.358 e. The molecule has 14 heteroatoms. The highest BCUT2D eigenvalue weighted by Gasteiger charge is 2.27. The van der Waals surface area contributed by atoms with Crippen molar-refractivity contribution in [2.24, 2.45) is 0 Å². The van der Waals surface area contributed by atoms with Gasteiger partial charge in [-0.3, -0.25) is 19.3 Å². The highest BCUT2D eigenvalue weighted by atomic mass is 35.5. The Kier molecular flexibility index (Phi) is 12.3. The Balaban J connectivity index is 1.57. The first-order valence-electron chi connectivity index (χ1n) is 14.6. The molecule has 0 radical (unpaired) electrons. The average molecular weight is 673 g/mol. The number of sulfone groups is 1. The summed E-state index contributed by atoms with van der Waals surface area (Å²) in [4.78, 5) is 46.0. The molecular formula is C31H37ClN6O5S2. The van der Waals surface area contributed by atoms with E-state index in [-0.39, 0.29) is 62.3 Å². The molecule has 0 saturated carbocycles. The number of nitriles is 1. The summed E-state index contributed by atoms with van der Waals surface area (Å²) in [6.07, 6.45) is 0.250. The van der Waals surface area contributed by atoms with Crippen LogP contribution in [0.5, 0.6) is 0 Å². The molecule has 1 fully saturated rings. The maximum atomic E-state index is 13.6. The van der Waals surface area contributed by atoms with Crippen molar-refractivity contribution in [2.75, 3.05) is 56.2 Å². The molecule has 3 aromatic rings. The summed E-state index contributed by atoms with van der Waals surface area (Å²) in [5.74, 6) is -0.214. The Labute approximate surface area is 272 Å². The van der Waals surface area contributed by atoms with Crippen LogP contribution in [0, 0.1) is 11.3 Å². The zero-order chi connectivity index (χ0) is 32.4. The van der Waals surface area contributed by atoms with E-state index in [4.69, 9.17) is 16.9 Å². The summed E-state index contributed by atoms with van der Waals surface area (Å²) >= 11 is 7.59. The number of benzene rings is 2. The van der Waals surface area contributed by atoms with Crippen molar-refractivity contribution in [1.29, 1.82) is 5.26 Å². The number of thioether (sulfide) groups is 1. The van der Waals surface area contributed by atoms with Gasteiger partial charge in [0.15, 0.2) is 9.84 Å². The maximum Gasteiger partial charge on any atom is 0.245 e. The number of nitrogens with zero attached hydrogens (tertiary/aromatic N) is 3. The van der Waals surface area contributed by atoms with Crippen LogP contribution in [0.15, 0.2) is 48.5 Å². The smallest absolute Gasteiger partial charge is 0.245 e. The lowest BCUT2D eigenvalue weighted by Crippen LogP contribution is -2.51. The average Bonchev–Trinajstić information content (AvgIpc) is 3.41. The van der Waals surface area contributed by atoms with Gasteiger partial charge in [0.2, 0.25) is 17.7 Å². The van der Waals surface area contributed by atoms with Gasteiger partial charge in [0, 0.05) is 73.8 Å². The fraction of sp³-hybridized carbons (Fsp3) is 0.419. The van der Waals surface area contributed by atoms with E-state index in [0.717, 1.165) is 16.5 Å². The Morgan fingerprint density at radius 1 is 1.02 bits per heavy atom. The zero-order valence-corrected chi connectivity index (χ0v) is 27.4. The van der Waals surface area contributed by atoms with Crippen molar-refractivity contribution < 1.29 is 22.8 Å². The molecule has 1 aliphatic rings. The standard InChI is InChI=1S/C31H37ClN6O5S2/c1-37-10-8-29(39)34-9-12-44-13-15-45(42,43)14-11-38(20-23-4-2-22(19-33)3-5-23)21-30(40)36-28(31(37)41)18-26-16-24-6-7-25(32)17-27(24)35-26/h2-7,16-17,28,35H,8-15,18,20-21H2,1H3,(H,34,39)(H,36,40)/t28-/m0/s1. The van der Waals surface area contributed by atoms with Gasteiger partial charge in [0.1, 0.15) is 6.04 Å². The Morgan fingerprint density at radius 2 is 1.80 bits per heavy atom. The highest BCUT2D eigenvalue weighted by Crippen LogP contribution is 2.21. The molecule has 1 aromatic heterocycles. The zero-order valence-electron chi connectivity index (χ0n) is 25.1. The van der Waals surface area contributed by atoms with E-state index in [1.54, 1.807) is 48.3 Å². The van der Waals surface area contributed by atoms with Crippen LogP contribution in [0.3, 0.4) is 0 Å². The largest absolute Gasteiger partial charge is 0.358 e. The SMILES string of the molecule is CN1CCC(=O)NCCSCCS(=O)(=O)CCN(Cc2ccc(C#N)cc2)CC(=O)N[C@@H](Cc2cc3ccc(Cl)cc3[nH]2)C1=O. The first-order valence-corrected chi connectivity index (χ1v) is 17.9. The molecular weight excluding hydrogens is 636 g/mol. The summed E-state index contributed by atoms with van der Waals surface area (Å²) in [6.45, 7) is 0.789. The second-order valence-electron chi connectivity index (χ2n) is 11.0. The van der Waals surface area contributed by atoms with Crippen molar-refractivity contribution >= 4 is 61.8 Å². The van der Waals surface area contributed by atoms with Gasteiger partial charge >= 0.3 is 0 Å². The number of rotatable bonds is 4. The first-order chi connectivity index (χ1) is 21.5. The molecule has 0 aliphatic carbocycles. The van der Waals surface area contributed by atoms with Crippen molar-refractivity contribution in [3.63, 3.8) is 0 Å². The summed E-state index contributed by atoms with van der Waals surface area (Å²) < 4.78 is 25.7. The number of fused-ring (bicyclic) bond motifs is 1. The van der Waals surface area contributed by atoms with Gasteiger partial charge in [-0.15, -0.1) is 0 Å². The lowest BCUT2D eigenvalue weighted by atomic mass is 10.1. The topological polar surface area (TPSA) is 155 Å². The van der Waals surface area contributed by atoms with Crippen LogP contribution >= 0.6 is 23.4 Å². The van der Waals surface area contributed by atoms with Crippen LogP contribution in [0.2, 0.25) is 5.02 Å². The highest BCUT2D eigenvalue weighted by molar-refractivity contribution is 8.00. The summed E-state index contributed by atoms with van der Waals surface area (Å²) in [7, 11) is -1.82. The maximum absolute atomic E-state index is 13.6. The summed E-state index contributed by atoms with van der Waals surface area (Å²) in [5.41, 5.74) is 2.82. The van der Waals surface area contributed by atoms with Gasteiger partial charge in [0.05, 0.1) is 29.7 Å². The van der Waals surface area contributed by atoms with Crippen molar-refractivity contribution in [2.45, 2.75) is 25.4 Å². The van der Waals surface area contributed by atoms with Crippen LogP contribution in [-0.4, -0.2) is 103 Å². The molecule has 4 rings (SSSR count). The number of H-pyrrole nitrogens is 1. The molecule has 240 valence electrons. The van der Waals surface area contributed by atoms with Crippen molar-refractivity contribution in [3.8, 4) is 6.07 Å². The van der Waals surface area contributed by atoms with Gasteiger partial charge in [-0.1, -0.05) is 29.8 Å². The number of hydrogen-bond acceptors (Lipinski definition) is 8. The Morgan fingerprint density at radius 3 is 2.56 bits per heavy atom. The number of carbonyl (C=O) groups is 3. The third-order valence-electron chi connectivity index (χ3n) is 7.43. The number of amides is 3. The molecule has 3 amide bonds. The number of likely N-dealkylation sites (N-methyl/N-ethyl adjacent to an activating group) is 1. The van der Waals surface area contributed by atoms with Crippen LogP contribution in [0.1, 0.15) is 23.2 Å². The van der Waals surface area contributed by atoms with E-state index in [2.05, 4.69) is 21.7 Å². The summed E-state index contributed by atoms with van der Waals surface area (Å²) in [5, 5.41) is 16.3. The Hall–Kier alpha value is -3.57. The predicted octanol–water partition coefficient (Wildman–Crippen LogP) is 2.35. The molecule has 0 bridgehead atoms. The first kappa shape index (κ1) is 34.3. The molecule has 11 nitrogen and oxygen atoms in total. The van der Waals surface area contributed by atoms with E-state index in [1.165, 1.54) is 16.7 Å². The lowest BCUT2D eigenvalue weighted by molar-refractivity contribution is -0.136. The van der Waals surface area contributed by atoms with Gasteiger partial charge in [-0.05, 0) is 41.3 Å². The van der Waals surface area contributed by atoms with Crippen LogP contribution in [0.25, 0.3) is 10.9 Å². The molecule has 2 aromatic carbocycles. The molecule has 45 heavy (non-hydrogen) atoms. The molecule has 1 saturated heterocycles. The van der Waals surface area contributed by atoms with Crippen LogP contribution < -0.4 is 10.6 Å². The number of nitrogens with one attached hydrogen (secondary N) is 3. The van der Waals surface area contributed by atoms with E-state index in [9.17, 15) is 22.8 Å². The Bertz CT molecular complexity index is 1650. The third kappa shape index (κ3) is 10.8. The normalized spacial score (nSPS) is 20.0. The van der Waals surface area contributed by atoms with Gasteiger partial charge in [-0.2, -0.15) is 17.0 Å². The fourth-order valence-corrected chi connectivity index (χ4v) is 7.79. The number of hydrogen-bond donors (Lipinski definition) is 3. The van der Waals surface area contributed by atoms with Crippen LogP contribution in [-0.2, 0) is 37.2 Å². The van der Waals surface area contributed by atoms with Gasteiger partial charge < -0.3 is 20.5 Å². The van der Waals surface area contributed by atoms with E-state index < -0.39 is 21.8 Å². The molecule has 0 spiro atoms. The number of aromatic nitrogens is 1. The van der Waals surface area contributed by atoms with E-state index in [0.29, 0.717) is 34.3 Å². The number of halogens is 1. The molecule has 1 atom stereocenters. The summed E-state index contributed by atoms with van der Waals surface area (Å²) in [6, 6.07) is 15.3. The second-order valence-corrected chi connectivity index (χ2v) is 15.0. The molecule has 3 N–H and O–H groups in total. The minimum atomic E-state index is -3.41. The molecule has 2 heterocycles. The predicted molar refractivity (Wildman–Crippen MR) is 177 cm³/mol. The van der Waals surface area contributed by atoms with Crippen molar-refractivity contribution in [3.05, 3.63) is 70.4 Å². The van der Waals surface area contributed by atoms with E-state index in [1.807, 2.05) is 12.1 Å². The quantitative estimate of drug-likeness (QED) is 0.382. The van der Waals surface area contributed by atoms with Gasteiger partial charge in [0.25, 0.3) is 0 Å². The fourth-order valence-electron chi connectivity index (χ4n) is 4.94. The second kappa shape index (κ2) is 16.1. The molecule has 1 aliphatic heterocycles. The lowest BCUT2D eigenvalue weighted by Gasteiger charge is -2.26.